The molecule has 2 unspecified atom stereocenters. The fraction of sp³-hybridized carbons (Fsp3) is 0.278. The van der Waals surface area contributed by atoms with E-state index < -0.39 is 34.0 Å². The third-order valence-corrected chi connectivity index (χ3v) is 6.62. The van der Waals surface area contributed by atoms with E-state index >= 15 is 0 Å². The smallest absolute Gasteiger partial charge is 0.324 e. The van der Waals surface area contributed by atoms with E-state index in [-0.39, 0.29) is 28.6 Å². The second-order valence-corrected chi connectivity index (χ2v) is 8.22. The van der Waals surface area contributed by atoms with Gasteiger partial charge in [0.1, 0.15) is 17.0 Å². The lowest BCUT2D eigenvalue weighted by molar-refractivity contribution is -0.144. The van der Waals surface area contributed by atoms with Crippen LogP contribution in [0, 0.1) is 5.82 Å². The van der Waals surface area contributed by atoms with Crippen molar-refractivity contribution in [2.75, 3.05) is 13.7 Å². The lowest BCUT2D eigenvalue weighted by atomic mass is 10.2. The zero-order valence-corrected chi connectivity index (χ0v) is 15.9. The number of esters is 1. The van der Waals surface area contributed by atoms with Crippen molar-refractivity contribution < 1.29 is 27.1 Å². The standard InChI is InChI=1S/C18H17ClFNO5S/c1-25-18(22)15-10-12(26-16-8-4-3-7-14(16)20)11-21(15)27(23,24)17-9-5-2-6-13(17)19/h2-9,12,15H,10-11H2,1H3. The molecule has 1 fully saturated rings. The van der Waals surface area contributed by atoms with Crippen LogP contribution in [0.5, 0.6) is 5.75 Å². The number of methoxy groups -OCH3 is 1. The van der Waals surface area contributed by atoms with Crippen molar-refractivity contribution >= 4 is 27.6 Å². The van der Waals surface area contributed by atoms with Gasteiger partial charge in [0.25, 0.3) is 0 Å². The molecule has 3 rings (SSSR count). The second kappa shape index (κ2) is 7.84. The Morgan fingerprint density at radius 1 is 1.19 bits per heavy atom. The van der Waals surface area contributed by atoms with Crippen LogP contribution in [0.25, 0.3) is 0 Å². The predicted molar refractivity (Wildman–Crippen MR) is 96.6 cm³/mol. The Kier molecular flexibility index (Phi) is 5.69. The minimum atomic E-state index is -4.08. The molecule has 1 saturated heterocycles. The first-order chi connectivity index (χ1) is 12.8. The molecular formula is C18H17ClFNO5S. The van der Waals surface area contributed by atoms with Crippen LogP contribution in [0.1, 0.15) is 6.42 Å². The number of carbonyl (C=O) groups excluding carboxylic acids is 1. The third-order valence-electron chi connectivity index (χ3n) is 4.24. The molecule has 0 spiro atoms. The van der Waals surface area contributed by atoms with Gasteiger partial charge in [-0.25, -0.2) is 12.8 Å². The molecule has 27 heavy (non-hydrogen) atoms. The lowest BCUT2D eigenvalue weighted by Crippen LogP contribution is -2.41. The SMILES string of the molecule is COC(=O)C1CC(Oc2ccccc2F)CN1S(=O)(=O)c1ccccc1Cl. The van der Waals surface area contributed by atoms with Gasteiger partial charge >= 0.3 is 5.97 Å². The maximum Gasteiger partial charge on any atom is 0.324 e. The molecule has 1 aliphatic heterocycles. The molecule has 0 saturated carbocycles. The van der Waals surface area contributed by atoms with E-state index in [4.69, 9.17) is 21.1 Å². The van der Waals surface area contributed by atoms with Gasteiger partial charge in [0.2, 0.25) is 10.0 Å². The number of benzene rings is 2. The highest BCUT2D eigenvalue weighted by Gasteiger charge is 2.46. The fourth-order valence-electron chi connectivity index (χ4n) is 2.97. The van der Waals surface area contributed by atoms with Crippen LogP contribution in [0.4, 0.5) is 4.39 Å². The number of carbonyl (C=O) groups is 1. The molecule has 2 atom stereocenters. The minimum Gasteiger partial charge on any atom is -0.486 e. The summed E-state index contributed by atoms with van der Waals surface area (Å²) in [6, 6.07) is 10.7. The van der Waals surface area contributed by atoms with Crippen LogP contribution in [-0.2, 0) is 19.6 Å². The molecular weight excluding hydrogens is 397 g/mol. The van der Waals surface area contributed by atoms with Crippen molar-refractivity contribution in [3.8, 4) is 5.75 Å². The summed E-state index contributed by atoms with van der Waals surface area (Å²) in [6.07, 6.45) is -0.687. The van der Waals surface area contributed by atoms with E-state index in [9.17, 15) is 17.6 Å². The monoisotopic (exact) mass is 413 g/mol. The van der Waals surface area contributed by atoms with E-state index in [0.717, 1.165) is 4.31 Å². The molecule has 0 bridgehead atoms. The molecule has 0 aliphatic carbocycles. The zero-order chi connectivity index (χ0) is 19.6. The minimum absolute atomic E-state index is 0.0110. The van der Waals surface area contributed by atoms with Crippen molar-refractivity contribution in [2.45, 2.75) is 23.5 Å². The Balaban J connectivity index is 1.92. The van der Waals surface area contributed by atoms with E-state index in [1.54, 1.807) is 12.1 Å². The Labute approximate surface area is 161 Å². The molecule has 0 radical (unpaired) electrons. The first-order valence-electron chi connectivity index (χ1n) is 8.10. The van der Waals surface area contributed by atoms with Crippen LogP contribution in [0.15, 0.2) is 53.4 Å². The molecule has 144 valence electrons. The summed E-state index contributed by atoms with van der Waals surface area (Å²) in [7, 11) is -2.91. The Hall–Kier alpha value is -2.16. The van der Waals surface area contributed by atoms with Crippen molar-refractivity contribution in [1.29, 1.82) is 0 Å². The molecule has 2 aromatic carbocycles. The van der Waals surface area contributed by atoms with Crippen LogP contribution in [0.2, 0.25) is 5.02 Å². The summed E-state index contributed by atoms with van der Waals surface area (Å²) < 4.78 is 51.3. The van der Waals surface area contributed by atoms with Crippen molar-refractivity contribution in [3.63, 3.8) is 0 Å². The van der Waals surface area contributed by atoms with Crippen LogP contribution >= 0.6 is 11.6 Å². The Bertz CT molecular complexity index is 952. The summed E-state index contributed by atoms with van der Waals surface area (Å²) in [4.78, 5) is 12.0. The zero-order valence-electron chi connectivity index (χ0n) is 14.3. The molecule has 0 N–H and O–H groups in total. The number of para-hydroxylation sites is 1. The van der Waals surface area contributed by atoms with Crippen molar-refractivity contribution in [2.24, 2.45) is 0 Å². The summed E-state index contributed by atoms with van der Waals surface area (Å²) >= 11 is 6.03. The Morgan fingerprint density at radius 2 is 1.85 bits per heavy atom. The molecule has 2 aromatic rings. The van der Waals surface area contributed by atoms with Gasteiger partial charge in [-0.1, -0.05) is 35.9 Å². The number of hydrogen-bond acceptors (Lipinski definition) is 5. The topological polar surface area (TPSA) is 72.9 Å². The number of sulfonamides is 1. The average molecular weight is 414 g/mol. The van der Waals surface area contributed by atoms with Gasteiger partial charge in [0, 0.05) is 6.42 Å². The molecule has 0 amide bonds. The largest absolute Gasteiger partial charge is 0.486 e. The highest BCUT2D eigenvalue weighted by molar-refractivity contribution is 7.89. The number of ether oxygens (including phenoxy) is 2. The second-order valence-electron chi connectivity index (χ2n) is 5.95. The molecule has 1 aliphatic rings. The maximum atomic E-state index is 13.8. The van der Waals surface area contributed by atoms with Gasteiger partial charge < -0.3 is 9.47 Å². The maximum absolute atomic E-state index is 13.8. The first kappa shape index (κ1) is 19.6. The number of halogens is 2. The van der Waals surface area contributed by atoms with Gasteiger partial charge in [-0.3, -0.25) is 4.79 Å². The summed E-state index contributed by atoms with van der Waals surface area (Å²) in [5.74, 6) is -1.30. The third kappa shape index (κ3) is 3.92. The number of rotatable bonds is 5. The van der Waals surface area contributed by atoms with E-state index in [1.807, 2.05) is 0 Å². The van der Waals surface area contributed by atoms with E-state index in [2.05, 4.69) is 0 Å². The summed E-state index contributed by atoms with van der Waals surface area (Å²) in [5.41, 5.74) is 0. The van der Waals surface area contributed by atoms with Crippen LogP contribution < -0.4 is 4.74 Å². The number of hydrogen-bond donors (Lipinski definition) is 0. The highest BCUT2D eigenvalue weighted by atomic mass is 35.5. The quantitative estimate of drug-likeness (QED) is 0.705. The van der Waals surface area contributed by atoms with Gasteiger partial charge in [0.15, 0.2) is 11.6 Å². The highest BCUT2D eigenvalue weighted by Crippen LogP contribution is 2.32. The summed E-state index contributed by atoms with van der Waals surface area (Å²) in [6.45, 7) is -0.137. The van der Waals surface area contributed by atoms with Crippen molar-refractivity contribution in [3.05, 3.63) is 59.4 Å². The first-order valence-corrected chi connectivity index (χ1v) is 9.91. The van der Waals surface area contributed by atoms with Gasteiger partial charge in [-0.05, 0) is 24.3 Å². The van der Waals surface area contributed by atoms with Crippen molar-refractivity contribution in [1.82, 2.24) is 4.31 Å². The van der Waals surface area contributed by atoms with Crippen LogP contribution in [0.3, 0.4) is 0 Å². The molecule has 9 heteroatoms. The number of nitrogens with zero attached hydrogens (tertiary/aromatic N) is 1. The fourth-order valence-corrected chi connectivity index (χ4v) is 5.09. The van der Waals surface area contributed by atoms with Gasteiger partial charge in [-0.2, -0.15) is 4.31 Å². The molecule has 6 nitrogen and oxygen atoms in total. The van der Waals surface area contributed by atoms with Gasteiger partial charge in [-0.15, -0.1) is 0 Å². The molecule has 1 heterocycles. The summed E-state index contributed by atoms with van der Waals surface area (Å²) in [5, 5.41) is 0.0413. The van der Waals surface area contributed by atoms with Crippen LogP contribution in [-0.4, -0.2) is 44.5 Å². The average Bonchev–Trinajstić information content (AvgIpc) is 3.08. The van der Waals surface area contributed by atoms with E-state index in [0.29, 0.717) is 0 Å². The molecule has 0 aromatic heterocycles. The Morgan fingerprint density at radius 3 is 2.52 bits per heavy atom. The van der Waals surface area contributed by atoms with E-state index in [1.165, 1.54) is 43.5 Å². The normalized spacial score (nSPS) is 20.4. The predicted octanol–water partition coefficient (Wildman–Crippen LogP) is 2.86. The van der Waals surface area contributed by atoms with Gasteiger partial charge in [0.05, 0.1) is 18.7 Å². The lowest BCUT2D eigenvalue weighted by Gasteiger charge is -2.22.